The van der Waals surface area contributed by atoms with Crippen molar-refractivity contribution in [3.05, 3.63) is 24.2 Å². The Balaban J connectivity index is 2.35. The minimum absolute atomic E-state index is 0.253. The Labute approximate surface area is 100 Å². The van der Waals surface area contributed by atoms with E-state index in [0.717, 1.165) is 4.68 Å². The molecular weight excluding hydrogens is 247 g/mol. The first-order chi connectivity index (χ1) is 8.35. The summed E-state index contributed by atoms with van der Waals surface area (Å²) in [6.07, 6.45) is -1.61. The lowest BCUT2D eigenvalue weighted by Crippen LogP contribution is -2.17. The molecule has 2 heterocycles. The number of rotatable bonds is 2. The highest BCUT2D eigenvalue weighted by Gasteiger charge is 2.29. The van der Waals surface area contributed by atoms with Crippen LogP contribution in [0.3, 0.4) is 0 Å². The Kier molecular flexibility index (Phi) is 2.93. The van der Waals surface area contributed by atoms with Gasteiger partial charge < -0.3 is 5.73 Å². The number of nitrogens with two attached hydrogens (primary N) is 1. The van der Waals surface area contributed by atoms with Crippen LogP contribution in [0.5, 0.6) is 0 Å². The molecule has 2 rings (SSSR count). The van der Waals surface area contributed by atoms with Gasteiger partial charge in [0.2, 0.25) is 0 Å². The van der Waals surface area contributed by atoms with Crippen molar-refractivity contribution in [1.82, 2.24) is 19.7 Å². The molecule has 5 nitrogen and oxygen atoms in total. The van der Waals surface area contributed by atoms with Gasteiger partial charge in [0.05, 0.1) is 11.3 Å². The van der Waals surface area contributed by atoms with Crippen LogP contribution in [-0.2, 0) is 6.54 Å². The third kappa shape index (κ3) is 2.76. The molecule has 0 saturated heterocycles. The number of nitrogens with zero attached hydrogens (tertiary/aromatic N) is 4. The fourth-order valence-corrected chi connectivity index (χ4v) is 1.50. The topological polar surface area (TPSA) is 69.6 Å². The predicted octanol–water partition coefficient (Wildman–Crippen LogP) is 1.79. The summed E-state index contributed by atoms with van der Waals surface area (Å²) in [6.45, 7) is 0.449. The monoisotopic (exact) mass is 257 g/mol. The third-order valence-electron chi connectivity index (χ3n) is 2.21. The second kappa shape index (κ2) is 4.28. The zero-order valence-corrected chi connectivity index (χ0v) is 9.44. The predicted molar refractivity (Wildman–Crippen MR) is 58.5 cm³/mol. The maximum absolute atomic E-state index is 12.2. The quantitative estimate of drug-likeness (QED) is 0.890. The van der Waals surface area contributed by atoms with Crippen molar-refractivity contribution in [3.8, 4) is 11.4 Å². The standard InChI is InChI=1S/C10H10F3N5/c1-6-7(9-15-3-2-8(14)16-9)4-18(17-6)5-10(11,12)13/h2-4H,5H2,1H3,(H2,14,15,16). The van der Waals surface area contributed by atoms with Crippen LogP contribution in [0.15, 0.2) is 18.5 Å². The van der Waals surface area contributed by atoms with Crippen LogP contribution in [-0.4, -0.2) is 25.9 Å². The molecule has 18 heavy (non-hydrogen) atoms. The molecular formula is C10H10F3N5. The van der Waals surface area contributed by atoms with E-state index in [4.69, 9.17) is 5.73 Å². The zero-order valence-electron chi connectivity index (χ0n) is 9.44. The number of nitrogen functional groups attached to an aromatic ring is 1. The van der Waals surface area contributed by atoms with Gasteiger partial charge in [-0.1, -0.05) is 0 Å². The van der Waals surface area contributed by atoms with Crippen molar-refractivity contribution in [2.24, 2.45) is 0 Å². The van der Waals surface area contributed by atoms with Crippen LogP contribution >= 0.6 is 0 Å². The molecule has 0 fully saturated rings. The molecule has 0 aliphatic carbocycles. The average Bonchev–Trinajstić information content (AvgIpc) is 2.56. The van der Waals surface area contributed by atoms with Crippen LogP contribution in [0.2, 0.25) is 0 Å². The molecule has 0 saturated carbocycles. The fraction of sp³-hybridized carbons (Fsp3) is 0.300. The van der Waals surface area contributed by atoms with E-state index < -0.39 is 12.7 Å². The molecule has 2 N–H and O–H groups in total. The highest BCUT2D eigenvalue weighted by Crippen LogP contribution is 2.22. The first-order valence-corrected chi connectivity index (χ1v) is 5.05. The van der Waals surface area contributed by atoms with E-state index in [1.807, 2.05) is 0 Å². The van der Waals surface area contributed by atoms with E-state index in [-0.39, 0.29) is 11.6 Å². The third-order valence-corrected chi connectivity index (χ3v) is 2.21. The van der Waals surface area contributed by atoms with E-state index in [1.54, 1.807) is 6.92 Å². The second-order valence-electron chi connectivity index (χ2n) is 3.75. The highest BCUT2D eigenvalue weighted by atomic mass is 19.4. The summed E-state index contributed by atoms with van der Waals surface area (Å²) in [5.41, 5.74) is 6.35. The number of aryl methyl sites for hydroxylation is 1. The maximum atomic E-state index is 12.2. The summed E-state index contributed by atoms with van der Waals surface area (Å²) in [4.78, 5) is 7.90. The molecule has 0 bridgehead atoms. The largest absolute Gasteiger partial charge is 0.408 e. The Bertz CT molecular complexity index is 561. The molecule has 0 amide bonds. The maximum Gasteiger partial charge on any atom is 0.408 e. The fourth-order valence-electron chi connectivity index (χ4n) is 1.50. The summed E-state index contributed by atoms with van der Waals surface area (Å²) >= 11 is 0. The van der Waals surface area contributed by atoms with E-state index >= 15 is 0 Å². The number of hydrogen-bond acceptors (Lipinski definition) is 4. The van der Waals surface area contributed by atoms with Crippen molar-refractivity contribution < 1.29 is 13.2 Å². The number of aromatic nitrogens is 4. The van der Waals surface area contributed by atoms with Gasteiger partial charge in [-0.05, 0) is 13.0 Å². The van der Waals surface area contributed by atoms with Crippen molar-refractivity contribution in [1.29, 1.82) is 0 Å². The molecule has 2 aromatic heterocycles. The van der Waals surface area contributed by atoms with Gasteiger partial charge in [0.1, 0.15) is 12.4 Å². The molecule has 0 aromatic carbocycles. The van der Waals surface area contributed by atoms with Crippen LogP contribution in [0.4, 0.5) is 19.0 Å². The van der Waals surface area contributed by atoms with Gasteiger partial charge >= 0.3 is 6.18 Å². The van der Waals surface area contributed by atoms with Crippen LogP contribution < -0.4 is 5.73 Å². The SMILES string of the molecule is Cc1nn(CC(F)(F)F)cc1-c1nccc(N)n1. The van der Waals surface area contributed by atoms with Crippen molar-refractivity contribution in [2.75, 3.05) is 5.73 Å². The van der Waals surface area contributed by atoms with Crippen LogP contribution in [0.25, 0.3) is 11.4 Å². The molecule has 0 radical (unpaired) electrons. The highest BCUT2D eigenvalue weighted by molar-refractivity contribution is 5.58. The number of halogens is 3. The molecule has 0 unspecified atom stereocenters. The van der Waals surface area contributed by atoms with E-state index in [1.165, 1.54) is 18.5 Å². The Hall–Kier alpha value is -2.12. The normalized spacial score (nSPS) is 11.8. The van der Waals surface area contributed by atoms with Gasteiger partial charge in [-0.3, -0.25) is 4.68 Å². The minimum atomic E-state index is -4.31. The molecule has 0 atom stereocenters. The Morgan fingerprint density at radius 1 is 1.39 bits per heavy atom. The van der Waals surface area contributed by atoms with E-state index in [2.05, 4.69) is 15.1 Å². The molecule has 8 heteroatoms. The van der Waals surface area contributed by atoms with Crippen LogP contribution in [0, 0.1) is 6.92 Å². The van der Waals surface area contributed by atoms with Crippen molar-refractivity contribution >= 4 is 5.82 Å². The van der Waals surface area contributed by atoms with Gasteiger partial charge in [0, 0.05) is 12.4 Å². The summed E-state index contributed by atoms with van der Waals surface area (Å²) in [5.74, 6) is 0.517. The summed E-state index contributed by atoms with van der Waals surface area (Å²) in [6, 6.07) is 1.50. The Morgan fingerprint density at radius 3 is 2.72 bits per heavy atom. The lowest BCUT2D eigenvalue weighted by atomic mass is 10.2. The second-order valence-corrected chi connectivity index (χ2v) is 3.75. The van der Waals surface area contributed by atoms with E-state index in [0.29, 0.717) is 11.3 Å². The molecule has 0 aliphatic rings. The smallest absolute Gasteiger partial charge is 0.384 e. The first-order valence-electron chi connectivity index (χ1n) is 5.05. The average molecular weight is 257 g/mol. The molecule has 0 aliphatic heterocycles. The van der Waals surface area contributed by atoms with Gasteiger partial charge in [0.25, 0.3) is 0 Å². The molecule has 0 spiro atoms. The summed E-state index contributed by atoms with van der Waals surface area (Å²) in [5, 5.41) is 3.78. The minimum Gasteiger partial charge on any atom is -0.384 e. The zero-order chi connectivity index (χ0) is 13.3. The van der Waals surface area contributed by atoms with Gasteiger partial charge in [-0.2, -0.15) is 18.3 Å². The van der Waals surface area contributed by atoms with Gasteiger partial charge in [-0.25, -0.2) is 9.97 Å². The van der Waals surface area contributed by atoms with Crippen molar-refractivity contribution in [2.45, 2.75) is 19.6 Å². The molecule has 2 aromatic rings. The lowest BCUT2D eigenvalue weighted by molar-refractivity contribution is -0.142. The van der Waals surface area contributed by atoms with Gasteiger partial charge in [-0.15, -0.1) is 0 Å². The number of anilines is 1. The lowest BCUT2D eigenvalue weighted by Gasteiger charge is -2.04. The van der Waals surface area contributed by atoms with Crippen molar-refractivity contribution in [3.63, 3.8) is 0 Å². The van der Waals surface area contributed by atoms with E-state index in [9.17, 15) is 13.2 Å². The van der Waals surface area contributed by atoms with Gasteiger partial charge in [0.15, 0.2) is 5.82 Å². The number of alkyl halides is 3. The summed E-state index contributed by atoms with van der Waals surface area (Å²) in [7, 11) is 0. The van der Waals surface area contributed by atoms with Crippen LogP contribution in [0.1, 0.15) is 5.69 Å². The first kappa shape index (κ1) is 12.3. The molecule has 96 valence electrons. The number of hydrogen-bond donors (Lipinski definition) is 1. The summed E-state index contributed by atoms with van der Waals surface area (Å²) < 4.78 is 37.5. The Morgan fingerprint density at radius 2 is 2.11 bits per heavy atom.